The van der Waals surface area contributed by atoms with Crippen LogP contribution in [0.1, 0.15) is 45.4 Å². The number of aromatic nitrogens is 3. The van der Waals surface area contributed by atoms with Crippen LogP contribution in [0.15, 0.2) is 0 Å². The number of halogens is 1. The molecule has 3 rings (SSSR count). The summed E-state index contributed by atoms with van der Waals surface area (Å²) in [5, 5.41) is 3.71. The molecular formula is C14H22ClN5. The first-order valence-electron chi connectivity index (χ1n) is 7.67. The molecule has 0 aromatic carbocycles. The topological polar surface area (TPSA) is 53.9 Å². The van der Waals surface area contributed by atoms with Crippen LogP contribution in [0.2, 0.25) is 5.28 Å². The first kappa shape index (κ1) is 13.9. The Morgan fingerprint density at radius 3 is 2.65 bits per heavy atom. The molecule has 5 nitrogen and oxygen atoms in total. The van der Waals surface area contributed by atoms with Crippen LogP contribution in [-0.2, 0) is 0 Å². The Labute approximate surface area is 125 Å². The van der Waals surface area contributed by atoms with E-state index in [9.17, 15) is 0 Å². The summed E-state index contributed by atoms with van der Waals surface area (Å²) in [6.45, 7) is 4.22. The number of hydrogen-bond acceptors (Lipinski definition) is 5. The molecule has 1 aromatic heterocycles. The summed E-state index contributed by atoms with van der Waals surface area (Å²) >= 11 is 6.04. The second kappa shape index (κ2) is 6.12. The highest BCUT2D eigenvalue weighted by molar-refractivity contribution is 6.28. The molecule has 2 fully saturated rings. The quantitative estimate of drug-likeness (QED) is 0.874. The summed E-state index contributed by atoms with van der Waals surface area (Å²) in [4.78, 5) is 15.2. The molecule has 1 saturated heterocycles. The van der Waals surface area contributed by atoms with E-state index in [-0.39, 0.29) is 5.28 Å². The van der Waals surface area contributed by atoms with Gasteiger partial charge in [-0.05, 0) is 43.2 Å². The van der Waals surface area contributed by atoms with Crippen LogP contribution in [0.3, 0.4) is 0 Å². The minimum absolute atomic E-state index is 0.283. The molecule has 1 N–H and O–H groups in total. The number of rotatable bonds is 6. The minimum atomic E-state index is 0.283. The summed E-state index contributed by atoms with van der Waals surface area (Å²) in [6.07, 6.45) is 7.43. The monoisotopic (exact) mass is 295 g/mol. The van der Waals surface area contributed by atoms with Gasteiger partial charge in [-0.15, -0.1) is 0 Å². The van der Waals surface area contributed by atoms with E-state index in [0.717, 1.165) is 25.4 Å². The van der Waals surface area contributed by atoms with Crippen LogP contribution in [0.5, 0.6) is 0 Å². The molecule has 1 aliphatic heterocycles. The van der Waals surface area contributed by atoms with Gasteiger partial charge in [0.05, 0.1) is 0 Å². The van der Waals surface area contributed by atoms with E-state index in [1.54, 1.807) is 0 Å². The first-order chi connectivity index (χ1) is 9.74. The third kappa shape index (κ3) is 3.51. The lowest BCUT2D eigenvalue weighted by molar-refractivity contribution is 0.582. The fourth-order valence-corrected chi connectivity index (χ4v) is 2.88. The Hall–Kier alpha value is -1.10. The van der Waals surface area contributed by atoms with Crippen LogP contribution in [0.25, 0.3) is 0 Å². The summed E-state index contributed by atoms with van der Waals surface area (Å²) in [5.41, 5.74) is 0. The number of nitrogens with one attached hydrogen (secondary N) is 1. The average Bonchev–Trinajstić information content (AvgIpc) is 3.07. The molecule has 1 aromatic rings. The summed E-state index contributed by atoms with van der Waals surface area (Å²) in [5.74, 6) is 2.23. The Kier molecular flexibility index (Phi) is 4.24. The van der Waals surface area contributed by atoms with E-state index < -0.39 is 0 Å². The highest BCUT2D eigenvalue weighted by Gasteiger charge is 2.25. The predicted octanol–water partition coefficient (Wildman–Crippen LogP) is 3.12. The van der Waals surface area contributed by atoms with Crippen molar-refractivity contribution in [1.29, 1.82) is 0 Å². The van der Waals surface area contributed by atoms with Crippen LogP contribution < -0.4 is 10.2 Å². The maximum Gasteiger partial charge on any atom is 0.231 e. The maximum atomic E-state index is 6.04. The van der Waals surface area contributed by atoms with Gasteiger partial charge in [-0.25, -0.2) is 0 Å². The average molecular weight is 296 g/mol. The number of anilines is 2. The molecule has 6 heteroatoms. The van der Waals surface area contributed by atoms with E-state index in [4.69, 9.17) is 11.6 Å². The lowest BCUT2D eigenvalue weighted by Crippen LogP contribution is -2.24. The van der Waals surface area contributed by atoms with Crippen molar-refractivity contribution in [2.45, 2.75) is 51.5 Å². The van der Waals surface area contributed by atoms with Crippen molar-refractivity contribution < 1.29 is 0 Å². The van der Waals surface area contributed by atoms with E-state index in [1.807, 2.05) is 0 Å². The lowest BCUT2D eigenvalue weighted by atomic mass is 10.1. The molecular weight excluding hydrogens is 274 g/mol. The van der Waals surface area contributed by atoms with Gasteiger partial charge >= 0.3 is 0 Å². The predicted molar refractivity (Wildman–Crippen MR) is 81.3 cm³/mol. The molecule has 1 saturated carbocycles. The van der Waals surface area contributed by atoms with Gasteiger partial charge in [0.2, 0.25) is 17.2 Å². The van der Waals surface area contributed by atoms with Crippen LogP contribution >= 0.6 is 11.6 Å². The highest BCUT2D eigenvalue weighted by Crippen LogP contribution is 2.34. The Morgan fingerprint density at radius 1 is 1.25 bits per heavy atom. The van der Waals surface area contributed by atoms with E-state index in [1.165, 1.54) is 32.1 Å². The van der Waals surface area contributed by atoms with E-state index in [0.29, 0.717) is 17.9 Å². The molecule has 110 valence electrons. The normalized spacial score (nSPS) is 20.2. The standard InChI is InChI=1S/C14H22ClN5/c1-2-11(9-10-5-6-10)16-13-17-12(15)18-14(19-13)20-7-3-4-8-20/h10-11H,2-9H2,1H3,(H,16,17,18,19). The Morgan fingerprint density at radius 2 is 2.00 bits per heavy atom. The molecule has 20 heavy (non-hydrogen) atoms. The van der Waals surface area contributed by atoms with Gasteiger partial charge in [0.1, 0.15) is 0 Å². The zero-order chi connectivity index (χ0) is 13.9. The molecule has 0 amide bonds. The zero-order valence-corrected chi connectivity index (χ0v) is 12.7. The Balaban J connectivity index is 1.70. The van der Waals surface area contributed by atoms with Crippen molar-refractivity contribution >= 4 is 23.5 Å². The molecule has 0 radical (unpaired) electrons. The highest BCUT2D eigenvalue weighted by atomic mass is 35.5. The van der Waals surface area contributed by atoms with Crippen molar-refractivity contribution in [3.05, 3.63) is 5.28 Å². The zero-order valence-electron chi connectivity index (χ0n) is 12.0. The van der Waals surface area contributed by atoms with Crippen molar-refractivity contribution in [2.75, 3.05) is 23.3 Å². The number of hydrogen-bond donors (Lipinski definition) is 1. The van der Waals surface area contributed by atoms with Gasteiger partial charge in [-0.2, -0.15) is 15.0 Å². The van der Waals surface area contributed by atoms with Gasteiger partial charge in [0.25, 0.3) is 0 Å². The molecule has 1 atom stereocenters. The molecule has 0 bridgehead atoms. The smallest absolute Gasteiger partial charge is 0.231 e. The van der Waals surface area contributed by atoms with Gasteiger partial charge in [-0.3, -0.25) is 0 Å². The van der Waals surface area contributed by atoms with Crippen LogP contribution in [0.4, 0.5) is 11.9 Å². The van der Waals surface area contributed by atoms with Crippen molar-refractivity contribution in [1.82, 2.24) is 15.0 Å². The molecule has 0 spiro atoms. The maximum absolute atomic E-state index is 6.04. The van der Waals surface area contributed by atoms with Gasteiger partial charge in [0.15, 0.2) is 0 Å². The summed E-state index contributed by atoms with van der Waals surface area (Å²) < 4.78 is 0. The van der Waals surface area contributed by atoms with Crippen molar-refractivity contribution in [2.24, 2.45) is 5.92 Å². The third-order valence-corrected chi connectivity index (χ3v) is 4.30. The van der Waals surface area contributed by atoms with Gasteiger partial charge < -0.3 is 10.2 Å². The van der Waals surface area contributed by atoms with E-state index in [2.05, 4.69) is 32.1 Å². The molecule has 2 heterocycles. The minimum Gasteiger partial charge on any atom is -0.351 e. The molecule has 2 aliphatic rings. The van der Waals surface area contributed by atoms with Crippen molar-refractivity contribution in [3.63, 3.8) is 0 Å². The second-order valence-electron chi connectivity index (χ2n) is 5.85. The fourth-order valence-electron chi connectivity index (χ4n) is 2.73. The van der Waals surface area contributed by atoms with Crippen molar-refractivity contribution in [3.8, 4) is 0 Å². The van der Waals surface area contributed by atoms with Gasteiger partial charge in [-0.1, -0.05) is 19.8 Å². The first-order valence-corrected chi connectivity index (χ1v) is 8.05. The van der Waals surface area contributed by atoms with Crippen LogP contribution in [-0.4, -0.2) is 34.1 Å². The van der Waals surface area contributed by atoms with Gasteiger partial charge in [0, 0.05) is 19.1 Å². The largest absolute Gasteiger partial charge is 0.351 e. The van der Waals surface area contributed by atoms with E-state index >= 15 is 0 Å². The molecule has 1 aliphatic carbocycles. The fraction of sp³-hybridized carbons (Fsp3) is 0.786. The lowest BCUT2D eigenvalue weighted by Gasteiger charge is -2.19. The van der Waals surface area contributed by atoms with Crippen LogP contribution in [0, 0.1) is 5.92 Å². The summed E-state index contributed by atoms with van der Waals surface area (Å²) in [6, 6.07) is 0.437. The number of nitrogens with zero attached hydrogens (tertiary/aromatic N) is 4. The summed E-state index contributed by atoms with van der Waals surface area (Å²) in [7, 11) is 0. The SMILES string of the molecule is CCC(CC1CC1)Nc1nc(Cl)nc(N2CCCC2)n1. The second-order valence-corrected chi connectivity index (χ2v) is 6.19. The Bertz CT molecular complexity index is 457. The third-order valence-electron chi connectivity index (χ3n) is 4.13. The molecule has 1 unspecified atom stereocenters.